The molecule has 4 heteroatoms. The summed E-state index contributed by atoms with van der Waals surface area (Å²) in [6.45, 7) is 2.40. The first-order valence-corrected chi connectivity index (χ1v) is 9.18. The quantitative estimate of drug-likeness (QED) is 0.479. The second-order valence-electron chi connectivity index (χ2n) is 7.27. The van der Waals surface area contributed by atoms with Crippen molar-refractivity contribution in [2.45, 2.75) is 57.8 Å². The zero-order valence-corrected chi connectivity index (χ0v) is 17.9. The van der Waals surface area contributed by atoms with Crippen molar-refractivity contribution in [1.29, 1.82) is 0 Å². The average Bonchev–Trinajstić information content (AvgIpc) is 3.23. The fraction of sp³-hybridized carbons (Fsp3) is 0.500. The van der Waals surface area contributed by atoms with Crippen LogP contribution in [0.1, 0.15) is 64.8 Å². The molecular weight excluding hydrogens is 335 g/mol. The molecule has 134 valence electrons. The van der Waals surface area contributed by atoms with Crippen molar-refractivity contribution in [3.63, 3.8) is 0 Å². The van der Waals surface area contributed by atoms with Gasteiger partial charge in [-0.15, -0.1) is 5.92 Å². The molecule has 0 amide bonds. The fourth-order valence-electron chi connectivity index (χ4n) is 4.15. The van der Waals surface area contributed by atoms with E-state index in [2.05, 4.69) is 17.9 Å². The van der Waals surface area contributed by atoms with E-state index in [9.17, 15) is 4.79 Å². The van der Waals surface area contributed by atoms with Crippen LogP contribution in [0.2, 0.25) is 0 Å². The molecule has 1 unspecified atom stereocenters. The van der Waals surface area contributed by atoms with Crippen molar-refractivity contribution in [3.05, 3.63) is 41.5 Å². The SMILES string of the molecule is CC#CC(CC(=O)O)c1ccc(OCC2=CC3(CCCC3)CC2)cc1.[H-].[Na+]. The minimum Gasteiger partial charge on any atom is -1.00 e. The van der Waals surface area contributed by atoms with Crippen molar-refractivity contribution in [1.82, 2.24) is 0 Å². The van der Waals surface area contributed by atoms with Crippen LogP contribution in [0.5, 0.6) is 5.75 Å². The van der Waals surface area contributed by atoms with Gasteiger partial charge in [0.2, 0.25) is 0 Å². The molecule has 1 saturated carbocycles. The Morgan fingerprint density at radius 1 is 1.27 bits per heavy atom. The van der Waals surface area contributed by atoms with Gasteiger partial charge in [0, 0.05) is 0 Å². The number of aliphatic carboxylic acids is 1. The molecule has 1 fully saturated rings. The molecule has 2 aliphatic rings. The topological polar surface area (TPSA) is 46.5 Å². The number of benzene rings is 1. The maximum atomic E-state index is 11.0. The molecule has 0 radical (unpaired) electrons. The van der Waals surface area contributed by atoms with Gasteiger partial charge < -0.3 is 11.3 Å². The summed E-state index contributed by atoms with van der Waals surface area (Å²) in [6, 6.07) is 7.69. The molecule has 0 saturated heterocycles. The minimum absolute atomic E-state index is 0. The first-order chi connectivity index (χ1) is 12.1. The van der Waals surface area contributed by atoms with Crippen molar-refractivity contribution in [3.8, 4) is 17.6 Å². The molecule has 0 aromatic heterocycles. The third-order valence-corrected chi connectivity index (χ3v) is 5.46. The zero-order valence-electron chi connectivity index (χ0n) is 16.9. The molecule has 0 aliphatic heterocycles. The molecule has 26 heavy (non-hydrogen) atoms. The molecule has 1 N–H and O–H groups in total. The van der Waals surface area contributed by atoms with Gasteiger partial charge in [-0.25, -0.2) is 0 Å². The summed E-state index contributed by atoms with van der Waals surface area (Å²) < 4.78 is 5.95. The zero-order chi connectivity index (χ0) is 17.7. The maximum Gasteiger partial charge on any atom is 1.00 e. The molecule has 2 aliphatic carbocycles. The molecule has 0 bridgehead atoms. The van der Waals surface area contributed by atoms with E-state index < -0.39 is 5.97 Å². The van der Waals surface area contributed by atoms with E-state index in [0.29, 0.717) is 12.0 Å². The third kappa shape index (κ3) is 5.39. The Morgan fingerprint density at radius 2 is 1.96 bits per heavy atom. The van der Waals surface area contributed by atoms with Crippen LogP contribution in [0.15, 0.2) is 35.9 Å². The van der Waals surface area contributed by atoms with Gasteiger partial charge >= 0.3 is 35.5 Å². The van der Waals surface area contributed by atoms with Gasteiger partial charge in [-0.1, -0.05) is 37.0 Å². The maximum absolute atomic E-state index is 11.0. The molecule has 1 aromatic rings. The molecular formula is C22H27NaO3. The van der Waals surface area contributed by atoms with Crippen molar-refractivity contribution in [2.24, 2.45) is 5.41 Å². The molecule has 3 nitrogen and oxygen atoms in total. The third-order valence-electron chi connectivity index (χ3n) is 5.46. The van der Waals surface area contributed by atoms with E-state index in [0.717, 1.165) is 17.7 Å². The van der Waals surface area contributed by atoms with Gasteiger partial charge in [0.25, 0.3) is 0 Å². The molecule has 3 rings (SSSR count). The van der Waals surface area contributed by atoms with Gasteiger partial charge in [-0.2, -0.15) is 0 Å². The van der Waals surface area contributed by atoms with E-state index in [1.165, 1.54) is 37.7 Å². The summed E-state index contributed by atoms with van der Waals surface area (Å²) in [6.07, 6.45) is 10.4. The van der Waals surface area contributed by atoms with Crippen molar-refractivity contribution < 1.29 is 45.6 Å². The Morgan fingerprint density at radius 3 is 2.58 bits per heavy atom. The summed E-state index contributed by atoms with van der Waals surface area (Å²) in [4.78, 5) is 11.0. The molecule has 0 heterocycles. The normalized spacial score (nSPS) is 18.4. The summed E-state index contributed by atoms with van der Waals surface area (Å²) in [5.74, 6) is 5.52. The Labute approximate surface area is 180 Å². The molecule has 1 aromatic carbocycles. The fourth-order valence-corrected chi connectivity index (χ4v) is 4.15. The number of hydrogen-bond donors (Lipinski definition) is 1. The number of rotatable bonds is 6. The standard InChI is InChI=1S/C22H26O3.Na.H/c1-2-5-19(14-21(23)24)18-6-8-20(9-7-18)25-16-17-10-13-22(15-17)11-3-4-12-22;;/h6-9,15,19H,3-4,10-14,16H2,1H3,(H,23,24);;/q;+1;-1. The number of carboxylic acids is 1. The number of allylic oxidation sites excluding steroid dienone is 1. The summed E-state index contributed by atoms with van der Waals surface area (Å²) in [5.41, 5.74) is 2.83. The summed E-state index contributed by atoms with van der Waals surface area (Å²) >= 11 is 0. The molecule has 1 spiro atoms. The van der Waals surface area contributed by atoms with E-state index in [4.69, 9.17) is 9.84 Å². The van der Waals surface area contributed by atoms with Crippen molar-refractivity contribution >= 4 is 5.97 Å². The second-order valence-corrected chi connectivity index (χ2v) is 7.27. The molecule has 1 atom stereocenters. The van der Waals surface area contributed by atoms with Gasteiger partial charge in [0.1, 0.15) is 12.4 Å². The van der Waals surface area contributed by atoms with Gasteiger partial charge in [0.15, 0.2) is 0 Å². The van der Waals surface area contributed by atoms with Crippen LogP contribution in [0.4, 0.5) is 0 Å². The number of carbonyl (C=O) groups is 1. The van der Waals surface area contributed by atoms with Crippen molar-refractivity contribution in [2.75, 3.05) is 6.61 Å². The Bertz CT molecular complexity index is 709. The number of ether oxygens (including phenoxy) is 1. The Kier molecular flexibility index (Phi) is 7.83. The van der Waals surface area contributed by atoms with Gasteiger partial charge in [-0.3, -0.25) is 4.79 Å². The largest absolute Gasteiger partial charge is 1.00 e. The predicted molar refractivity (Wildman–Crippen MR) is 99.7 cm³/mol. The van der Waals surface area contributed by atoms with E-state index in [1.807, 2.05) is 24.3 Å². The van der Waals surface area contributed by atoms with Crippen LogP contribution in [-0.2, 0) is 4.79 Å². The summed E-state index contributed by atoms with van der Waals surface area (Å²) in [5, 5.41) is 9.02. The Hall–Kier alpha value is -1.21. The monoisotopic (exact) mass is 362 g/mol. The van der Waals surface area contributed by atoms with Crippen LogP contribution < -0.4 is 34.3 Å². The van der Waals surface area contributed by atoms with Crippen LogP contribution >= 0.6 is 0 Å². The van der Waals surface area contributed by atoms with E-state index in [-0.39, 0.29) is 43.3 Å². The van der Waals surface area contributed by atoms with Crippen LogP contribution in [-0.4, -0.2) is 17.7 Å². The minimum atomic E-state index is -0.831. The van der Waals surface area contributed by atoms with Gasteiger partial charge in [-0.05, 0) is 61.3 Å². The second kappa shape index (κ2) is 9.65. The van der Waals surface area contributed by atoms with Crippen LogP contribution in [0.25, 0.3) is 0 Å². The number of carboxylic acid groups (broad SMARTS) is 1. The van der Waals surface area contributed by atoms with Crippen LogP contribution in [0.3, 0.4) is 0 Å². The summed E-state index contributed by atoms with van der Waals surface area (Å²) in [7, 11) is 0. The van der Waals surface area contributed by atoms with E-state index in [1.54, 1.807) is 6.92 Å². The predicted octanol–water partition coefficient (Wildman–Crippen LogP) is 2.04. The average molecular weight is 362 g/mol. The van der Waals surface area contributed by atoms with E-state index >= 15 is 0 Å². The first kappa shape index (κ1) is 21.1. The smallest absolute Gasteiger partial charge is 1.00 e. The van der Waals surface area contributed by atoms with Crippen LogP contribution in [0, 0.1) is 17.3 Å². The number of hydrogen-bond acceptors (Lipinski definition) is 2. The first-order valence-electron chi connectivity index (χ1n) is 9.18. The van der Waals surface area contributed by atoms with Gasteiger partial charge in [0.05, 0.1) is 12.3 Å². The Balaban J connectivity index is 0.00000182.